The molecule has 0 spiro atoms. The van der Waals surface area contributed by atoms with E-state index >= 15 is 0 Å². The first-order valence-electron chi connectivity index (χ1n) is 8.94. The number of carbonyl (C=O) groups excluding carboxylic acids is 1. The first-order chi connectivity index (χ1) is 13.1. The minimum absolute atomic E-state index is 0.0229. The number of H-pyrrole nitrogens is 2. The largest absolute Gasteiger partial charge is 0.494 e. The highest BCUT2D eigenvalue weighted by Gasteiger charge is 2.34. The molecule has 0 bridgehead atoms. The van der Waals surface area contributed by atoms with Gasteiger partial charge in [-0.15, -0.1) is 11.3 Å². The van der Waals surface area contributed by atoms with Crippen molar-refractivity contribution in [3.05, 3.63) is 36.7 Å². The number of aliphatic imine (C=N–C) groups is 1. The van der Waals surface area contributed by atoms with E-state index < -0.39 is 11.5 Å². The fourth-order valence-electron chi connectivity index (χ4n) is 3.44. The second-order valence-electron chi connectivity index (χ2n) is 7.91. The van der Waals surface area contributed by atoms with Gasteiger partial charge in [0.05, 0.1) is 12.7 Å². The molecule has 0 aromatic carbocycles. The number of esters is 1. The Bertz CT molecular complexity index is 1060. The monoisotopic (exact) mass is 421 g/mol. The first kappa shape index (κ1) is 20.5. The van der Waals surface area contributed by atoms with Gasteiger partial charge in [0.25, 0.3) is 5.56 Å². The molecule has 2 heterocycles. The Hall–Kier alpha value is -2.26. The van der Waals surface area contributed by atoms with Crippen LogP contribution in [-0.2, 0) is 17.6 Å². The summed E-state index contributed by atoms with van der Waals surface area (Å²) in [7, 11) is 1.34. The molecule has 0 saturated carbocycles. The highest BCUT2D eigenvalue weighted by atomic mass is 32.1. The molecule has 0 saturated heterocycles. The summed E-state index contributed by atoms with van der Waals surface area (Å²) in [4.78, 5) is 34.8. The van der Waals surface area contributed by atoms with Crippen molar-refractivity contribution in [1.29, 1.82) is 0 Å². The van der Waals surface area contributed by atoms with E-state index in [2.05, 4.69) is 35.7 Å². The van der Waals surface area contributed by atoms with Crippen molar-refractivity contribution in [3.8, 4) is 5.88 Å². The molecule has 1 aliphatic rings. The van der Waals surface area contributed by atoms with Gasteiger partial charge in [-0.1, -0.05) is 20.8 Å². The second-order valence-corrected chi connectivity index (χ2v) is 9.40. The van der Waals surface area contributed by atoms with E-state index in [4.69, 9.17) is 17.0 Å². The molecular weight excluding hydrogens is 398 g/mol. The van der Waals surface area contributed by atoms with Gasteiger partial charge in [0.2, 0.25) is 5.88 Å². The lowest BCUT2D eigenvalue weighted by Crippen LogP contribution is -2.26. The fraction of sp³-hybridized carbons (Fsp3) is 0.474. The third-order valence-corrected chi connectivity index (χ3v) is 6.50. The zero-order valence-corrected chi connectivity index (χ0v) is 17.8. The smallest absolute Gasteiger partial charge is 0.341 e. The summed E-state index contributed by atoms with van der Waals surface area (Å²) in [5.74, 6) is -0.294. The van der Waals surface area contributed by atoms with Crippen LogP contribution in [0.3, 0.4) is 0 Å². The van der Waals surface area contributed by atoms with Gasteiger partial charge in [-0.25, -0.2) is 9.79 Å². The van der Waals surface area contributed by atoms with Gasteiger partial charge in [0, 0.05) is 11.1 Å². The molecular formula is C19H23N3O4S2. The first-order valence-corrected chi connectivity index (χ1v) is 10.2. The molecule has 9 heteroatoms. The molecule has 2 aromatic heterocycles. The number of carbonyl (C=O) groups is 1. The molecule has 0 fully saturated rings. The number of aromatic hydroxyl groups is 1. The highest BCUT2D eigenvalue weighted by Crippen LogP contribution is 2.45. The lowest BCUT2D eigenvalue weighted by Gasteiger charge is -2.33. The number of rotatable bonds is 3. The van der Waals surface area contributed by atoms with Gasteiger partial charge in [-0.3, -0.25) is 9.78 Å². The summed E-state index contributed by atoms with van der Waals surface area (Å²) in [6.07, 6.45) is 3.91. The van der Waals surface area contributed by atoms with E-state index in [9.17, 15) is 14.7 Å². The zero-order valence-electron chi connectivity index (χ0n) is 16.2. The van der Waals surface area contributed by atoms with Crippen LogP contribution < -0.4 is 5.56 Å². The summed E-state index contributed by atoms with van der Waals surface area (Å²) in [5, 5.41) is 10.4. The molecule has 7 nitrogen and oxygen atoms in total. The maximum Gasteiger partial charge on any atom is 0.341 e. The van der Waals surface area contributed by atoms with Crippen LogP contribution in [-0.4, -0.2) is 34.4 Å². The number of nitrogens with zero attached hydrogens (tertiary/aromatic N) is 1. The van der Waals surface area contributed by atoms with Crippen LogP contribution in [0.1, 0.15) is 53.6 Å². The summed E-state index contributed by atoms with van der Waals surface area (Å²) in [5.41, 5.74) is 1.00. The molecule has 0 radical (unpaired) electrons. The number of thiophene rings is 1. The molecule has 2 aromatic rings. The Morgan fingerprint density at radius 2 is 2.11 bits per heavy atom. The number of nitrogens with one attached hydrogen (secondary N) is 2. The van der Waals surface area contributed by atoms with Crippen LogP contribution in [0.4, 0.5) is 5.00 Å². The number of hydrogen-bond donors (Lipinski definition) is 3. The van der Waals surface area contributed by atoms with E-state index in [1.807, 2.05) is 0 Å². The molecule has 1 atom stereocenters. The predicted molar refractivity (Wildman–Crippen MR) is 112 cm³/mol. The maximum atomic E-state index is 12.4. The Labute approximate surface area is 171 Å². The number of aromatic nitrogens is 2. The lowest BCUT2D eigenvalue weighted by molar-refractivity contribution is 0.0600. The minimum atomic E-state index is -0.557. The fourth-order valence-corrected chi connectivity index (χ4v) is 4.89. The van der Waals surface area contributed by atoms with Crippen LogP contribution in [0, 0.1) is 16.1 Å². The zero-order chi connectivity index (χ0) is 20.6. The number of hydrogen-bond acceptors (Lipinski definition) is 7. The van der Waals surface area contributed by atoms with E-state index in [1.165, 1.54) is 24.7 Å². The Balaban J connectivity index is 2.05. The summed E-state index contributed by atoms with van der Waals surface area (Å²) in [6, 6.07) is 0. The van der Waals surface area contributed by atoms with Crippen molar-refractivity contribution >= 4 is 40.7 Å². The van der Waals surface area contributed by atoms with Gasteiger partial charge in [0.15, 0.2) is 4.77 Å². The number of aromatic amines is 2. The Morgan fingerprint density at radius 3 is 2.71 bits per heavy atom. The molecule has 0 unspecified atom stereocenters. The standard InChI is InChI=1S/C19H23N3O4S2/c1-19(2,3)9-5-6-10-12(7-9)28-16(13(10)17(25)26-4)20-8-11-14(23)21-18(27)22-15(11)24/h8-9H,5-7H2,1-4H3,(H3,21,22,23,24,27)/t9-/m0/s1. The SMILES string of the molecule is COC(=O)c1c(N=Cc2c(O)[nH]c(=S)[nH]c2=O)sc2c1CC[C@H](C(C)(C)C)C2. The van der Waals surface area contributed by atoms with Gasteiger partial charge < -0.3 is 14.8 Å². The number of fused-ring (bicyclic) bond motifs is 1. The van der Waals surface area contributed by atoms with Gasteiger partial charge >= 0.3 is 5.97 Å². The molecule has 0 aliphatic heterocycles. The second kappa shape index (κ2) is 7.63. The molecule has 150 valence electrons. The third kappa shape index (κ3) is 3.95. The van der Waals surface area contributed by atoms with Crippen LogP contribution in [0.5, 0.6) is 5.88 Å². The summed E-state index contributed by atoms with van der Waals surface area (Å²) >= 11 is 6.26. The molecule has 3 N–H and O–H groups in total. The van der Waals surface area contributed by atoms with Crippen molar-refractivity contribution in [2.45, 2.75) is 40.0 Å². The van der Waals surface area contributed by atoms with Crippen molar-refractivity contribution in [2.75, 3.05) is 7.11 Å². The quantitative estimate of drug-likeness (QED) is 0.396. The lowest BCUT2D eigenvalue weighted by atomic mass is 9.72. The normalized spacial score (nSPS) is 16.9. The van der Waals surface area contributed by atoms with E-state index in [0.29, 0.717) is 16.5 Å². The van der Waals surface area contributed by atoms with E-state index in [-0.39, 0.29) is 21.6 Å². The Morgan fingerprint density at radius 1 is 1.39 bits per heavy atom. The van der Waals surface area contributed by atoms with Gasteiger partial charge in [-0.05, 0) is 48.4 Å². The number of methoxy groups -OCH3 is 1. The minimum Gasteiger partial charge on any atom is -0.494 e. The Kier molecular flexibility index (Phi) is 5.58. The third-order valence-electron chi connectivity index (χ3n) is 5.13. The van der Waals surface area contributed by atoms with Crippen molar-refractivity contribution in [1.82, 2.24) is 9.97 Å². The highest BCUT2D eigenvalue weighted by molar-refractivity contribution is 7.71. The predicted octanol–water partition coefficient (Wildman–Crippen LogP) is 3.89. The topological polar surface area (TPSA) is 108 Å². The van der Waals surface area contributed by atoms with Crippen LogP contribution in [0.25, 0.3) is 0 Å². The molecule has 3 rings (SSSR count). The van der Waals surface area contributed by atoms with Crippen molar-refractivity contribution in [2.24, 2.45) is 16.3 Å². The van der Waals surface area contributed by atoms with Crippen LogP contribution in [0.15, 0.2) is 9.79 Å². The van der Waals surface area contributed by atoms with Gasteiger partial charge in [0.1, 0.15) is 10.6 Å². The van der Waals surface area contributed by atoms with Crippen molar-refractivity contribution in [3.63, 3.8) is 0 Å². The van der Waals surface area contributed by atoms with Crippen LogP contribution >= 0.6 is 23.6 Å². The van der Waals surface area contributed by atoms with Crippen LogP contribution in [0.2, 0.25) is 0 Å². The van der Waals surface area contributed by atoms with E-state index in [0.717, 1.165) is 29.7 Å². The van der Waals surface area contributed by atoms with E-state index in [1.54, 1.807) is 0 Å². The van der Waals surface area contributed by atoms with Crippen molar-refractivity contribution < 1.29 is 14.6 Å². The molecule has 1 aliphatic carbocycles. The number of ether oxygens (including phenoxy) is 1. The average molecular weight is 422 g/mol. The summed E-state index contributed by atoms with van der Waals surface area (Å²) in [6.45, 7) is 6.68. The summed E-state index contributed by atoms with van der Waals surface area (Å²) < 4.78 is 4.99. The molecule has 28 heavy (non-hydrogen) atoms. The maximum absolute atomic E-state index is 12.4. The molecule has 0 amide bonds. The average Bonchev–Trinajstić information content (AvgIpc) is 2.96. The van der Waals surface area contributed by atoms with Gasteiger partial charge in [-0.2, -0.15) is 0 Å².